The van der Waals surface area contributed by atoms with Gasteiger partial charge in [0.2, 0.25) is 5.91 Å². The highest BCUT2D eigenvalue weighted by Gasteiger charge is 2.26. The molecule has 4 rings (SSSR count). The van der Waals surface area contributed by atoms with Crippen molar-refractivity contribution in [3.8, 4) is 0 Å². The van der Waals surface area contributed by atoms with E-state index in [4.69, 9.17) is 0 Å². The van der Waals surface area contributed by atoms with Crippen molar-refractivity contribution in [2.45, 2.75) is 13.3 Å². The topological polar surface area (TPSA) is 87.2 Å². The predicted molar refractivity (Wildman–Crippen MR) is 108 cm³/mol. The largest absolute Gasteiger partial charge is 0.339 e. The Morgan fingerprint density at radius 1 is 0.929 bits per heavy atom. The van der Waals surface area contributed by atoms with Gasteiger partial charge in [0, 0.05) is 30.5 Å². The minimum atomic E-state index is -0.149. The van der Waals surface area contributed by atoms with Crippen LogP contribution in [0.4, 0.5) is 22.9 Å². The molecule has 0 atom stereocenters. The van der Waals surface area contributed by atoms with Gasteiger partial charge in [-0.2, -0.15) is 0 Å². The third-order valence-electron chi connectivity index (χ3n) is 4.49. The zero-order valence-corrected chi connectivity index (χ0v) is 15.3. The maximum atomic E-state index is 12.8. The molecule has 7 nitrogen and oxygen atoms in total. The number of rotatable bonds is 4. The molecule has 1 aromatic heterocycles. The van der Waals surface area contributed by atoms with E-state index in [0.29, 0.717) is 18.1 Å². The SMILES string of the molecule is CC(=O)Nc1ccc(Nc2ccc(C(=O)N3CCc4ccccc43)nn2)cc1. The Labute approximate surface area is 162 Å². The predicted octanol–water partition coefficient (Wildman–Crippen LogP) is 3.38. The van der Waals surface area contributed by atoms with Crippen LogP contribution in [0.5, 0.6) is 0 Å². The molecule has 1 aliphatic rings. The summed E-state index contributed by atoms with van der Waals surface area (Å²) in [6, 6.07) is 18.5. The summed E-state index contributed by atoms with van der Waals surface area (Å²) in [4.78, 5) is 25.6. The number of nitrogens with one attached hydrogen (secondary N) is 2. The molecule has 2 aromatic carbocycles. The molecule has 7 heteroatoms. The van der Waals surface area contributed by atoms with E-state index in [1.165, 1.54) is 12.5 Å². The highest BCUT2D eigenvalue weighted by atomic mass is 16.2. The number of aromatic nitrogens is 2. The summed E-state index contributed by atoms with van der Waals surface area (Å²) in [7, 11) is 0. The minimum absolute atomic E-state index is 0.118. The molecule has 0 radical (unpaired) electrons. The van der Waals surface area contributed by atoms with Gasteiger partial charge >= 0.3 is 0 Å². The molecule has 0 spiro atoms. The number of carbonyl (C=O) groups excluding carboxylic acids is 2. The van der Waals surface area contributed by atoms with E-state index < -0.39 is 0 Å². The lowest BCUT2D eigenvalue weighted by Gasteiger charge is -2.16. The second kappa shape index (κ2) is 7.48. The molecule has 1 aliphatic heterocycles. The van der Waals surface area contributed by atoms with Crippen LogP contribution in [-0.4, -0.2) is 28.6 Å². The van der Waals surface area contributed by atoms with Crippen molar-refractivity contribution >= 4 is 34.7 Å². The number of benzene rings is 2. The van der Waals surface area contributed by atoms with E-state index >= 15 is 0 Å². The molecular weight excluding hydrogens is 354 g/mol. The second-order valence-electron chi connectivity index (χ2n) is 6.52. The number of carbonyl (C=O) groups is 2. The molecule has 0 unspecified atom stereocenters. The van der Waals surface area contributed by atoms with Crippen LogP contribution >= 0.6 is 0 Å². The first-order valence-electron chi connectivity index (χ1n) is 8.98. The molecule has 2 heterocycles. The Morgan fingerprint density at radius 2 is 1.68 bits per heavy atom. The van der Waals surface area contributed by atoms with Crippen LogP contribution in [0.15, 0.2) is 60.7 Å². The molecular formula is C21H19N5O2. The van der Waals surface area contributed by atoms with E-state index in [2.05, 4.69) is 20.8 Å². The Kier molecular flexibility index (Phi) is 4.72. The molecule has 0 fully saturated rings. The van der Waals surface area contributed by atoms with E-state index in [-0.39, 0.29) is 11.8 Å². The Balaban J connectivity index is 1.44. The third-order valence-corrected chi connectivity index (χ3v) is 4.49. The summed E-state index contributed by atoms with van der Waals surface area (Å²) >= 11 is 0. The minimum Gasteiger partial charge on any atom is -0.339 e. The summed E-state index contributed by atoms with van der Waals surface area (Å²) in [5, 5.41) is 14.0. The van der Waals surface area contributed by atoms with Gasteiger partial charge in [0.15, 0.2) is 11.5 Å². The summed E-state index contributed by atoms with van der Waals surface area (Å²) in [6.45, 7) is 2.12. The standard InChI is InChI=1S/C21H19N5O2/c1-14(27)22-16-6-8-17(9-7-16)23-20-11-10-18(24-25-20)21(28)26-13-12-15-4-2-3-5-19(15)26/h2-11H,12-13H2,1H3,(H,22,27)(H,23,25). The summed E-state index contributed by atoms with van der Waals surface area (Å²) in [5.74, 6) is 0.266. The average molecular weight is 373 g/mol. The molecule has 140 valence electrons. The van der Waals surface area contributed by atoms with Gasteiger partial charge in [-0.1, -0.05) is 18.2 Å². The normalized spacial score (nSPS) is 12.4. The number of amides is 2. The van der Waals surface area contributed by atoms with Crippen LogP contribution in [0, 0.1) is 0 Å². The van der Waals surface area contributed by atoms with E-state index in [9.17, 15) is 9.59 Å². The zero-order chi connectivity index (χ0) is 19.5. The van der Waals surface area contributed by atoms with Crippen LogP contribution in [0.3, 0.4) is 0 Å². The first-order chi connectivity index (χ1) is 13.6. The number of hydrogen-bond acceptors (Lipinski definition) is 5. The fourth-order valence-electron chi connectivity index (χ4n) is 3.19. The maximum Gasteiger partial charge on any atom is 0.278 e. The van der Waals surface area contributed by atoms with Gasteiger partial charge in [0.25, 0.3) is 5.91 Å². The highest BCUT2D eigenvalue weighted by Crippen LogP contribution is 2.28. The van der Waals surface area contributed by atoms with Crippen molar-refractivity contribution < 1.29 is 9.59 Å². The van der Waals surface area contributed by atoms with Gasteiger partial charge in [-0.15, -0.1) is 10.2 Å². The van der Waals surface area contributed by atoms with Gasteiger partial charge in [-0.3, -0.25) is 9.59 Å². The van der Waals surface area contributed by atoms with Crippen LogP contribution < -0.4 is 15.5 Å². The van der Waals surface area contributed by atoms with E-state index in [0.717, 1.165) is 23.5 Å². The number of hydrogen-bond donors (Lipinski definition) is 2. The first-order valence-corrected chi connectivity index (χ1v) is 8.98. The average Bonchev–Trinajstić information content (AvgIpc) is 3.13. The monoisotopic (exact) mass is 373 g/mol. The van der Waals surface area contributed by atoms with Crippen LogP contribution in [-0.2, 0) is 11.2 Å². The lowest BCUT2D eigenvalue weighted by molar-refractivity contribution is -0.114. The Bertz CT molecular complexity index is 1020. The maximum absolute atomic E-state index is 12.8. The van der Waals surface area contributed by atoms with Crippen molar-refractivity contribution in [3.05, 3.63) is 71.9 Å². The van der Waals surface area contributed by atoms with Crippen molar-refractivity contribution in [2.24, 2.45) is 0 Å². The second-order valence-corrected chi connectivity index (χ2v) is 6.52. The number of fused-ring (bicyclic) bond motifs is 1. The van der Waals surface area contributed by atoms with Gasteiger partial charge in [-0.25, -0.2) is 0 Å². The van der Waals surface area contributed by atoms with Crippen molar-refractivity contribution in [1.82, 2.24) is 10.2 Å². The fraction of sp³-hybridized carbons (Fsp3) is 0.143. The molecule has 28 heavy (non-hydrogen) atoms. The third kappa shape index (κ3) is 3.68. The Morgan fingerprint density at radius 3 is 2.39 bits per heavy atom. The fourth-order valence-corrected chi connectivity index (χ4v) is 3.19. The Hall–Kier alpha value is -3.74. The van der Waals surface area contributed by atoms with E-state index in [1.807, 2.05) is 36.4 Å². The smallest absolute Gasteiger partial charge is 0.278 e. The van der Waals surface area contributed by atoms with Gasteiger partial charge in [0.1, 0.15) is 0 Å². The molecule has 2 amide bonds. The van der Waals surface area contributed by atoms with Crippen LogP contribution in [0.25, 0.3) is 0 Å². The quantitative estimate of drug-likeness (QED) is 0.732. The number of anilines is 4. The summed E-state index contributed by atoms with van der Waals surface area (Å²) < 4.78 is 0. The molecule has 3 aromatic rings. The van der Waals surface area contributed by atoms with Crippen LogP contribution in [0.2, 0.25) is 0 Å². The molecule has 0 bridgehead atoms. The van der Waals surface area contributed by atoms with Gasteiger partial charge < -0.3 is 15.5 Å². The lowest BCUT2D eigenvalue weighted by atomic mass is 10.2. The van der Waals surface area contributed by atoms with Gasteiger partial charge in [-0.05, 0) is 54.4 Å². The summed E-state index contributed by atoms with van der Waals surface area (Å²) in [6.07, 6.45) is 0.851. The molecule has 0 saturated heterocycles. The number of nitrogens with zero attached hydrogens (tertiary/aromatic N) is 3. The molecule has 2 N–H and O–H groups in total. The molecule has 0 saturated carbocycles. The van der Waals surface area contributed by atoms with Gasteiger partial charge in [0.05, 0.1) is 0 Å². The number of para-hydroxylation sites is 1. The van der Waals surface area contributed by atoms with E-state index in [1.54, 1.807) is 29.2 Å². The summed E-state index contributed by atoms with van der Waals surface area (Å²) in [5.41, 5.74) is 3.94. The van der Waals surface area contributed by atoms with Crippen molar-refractivity contribution in [1.29, 1.82) is 0 Å². The van der Waals surface area contributed by atoms with Crippen LogP contribution in [0.1, 0.15) is 23.0 Å². The zero-order valence-electron chi connectivity index (χ0n) is 15.3. The first kappa shape index (κ1) is 17.7. The lowest BCUT2D eigenvalue weighted by Crippen LogP contribution is -2.29. The van der Waals surface area contributed by atoms with Crippen molar-refractivity contribution in [3.63, 3.8) is 0 Å². The highest BCUT2D eigenvalue weighted by molar-refractivity contribution is 6.06. The van der Waals surface area contributed by atoms with Crippen molar-refractivity contribution in [2.75, 3.05) is 22.1 Å². The molecule has 0 aliphatic carbocycles.